The molecule has 0 spiro atoms. The Hall–Kier alpha value is -3.10. The van der Waals surface area contributed by atoms with E-state index in [0.717, 1.165) is 50.2 Å². The molecule has 4 rings (SSSR count). The molecular weight excluding hydrogens is 504 g/mol. The van der Waals surface area contributed by atoms with Crippen LogP contribution in [0, 0.1) is 40.8 Å². The third kappa shape index (κ3) is 5.60. The van der Waals surface area contributed by atoms with Gasteiger partial charge in [0.1, 0.15) is 17.1 Å². The largest absolute Gasteiger partial charge is 0.429 e. The monoisotopic (exact) mass is 528 g/mol. The van der Waals surface area contributed by atoms with Crippen molar-refractivity contribution in [2.45, 2.75) is 57.5 Å². The van der Waals surface area contributed by atoms with Gasteiger partial charge in [0, 0.05) is 23.3 Å². The Labute approximate surface area is 209 Å². The van der Waals surface area contributed by atoms with Gasteiger partial charge in [-0.3, -0.25) is 0 Å². The molecule has 1 fully saturated rings. The minimum absolute atomic E-state index is 0.141. The lowest BCUT2D eigenvalue weighted by Gasteiger charge is -2.28. The second-order valence-corrected chi connectivity index (χ2v) is 9.35. The van der Waals surface area contributed by atoms with Gasteiger partial charge in [-0.15, -0.1) is 0 Å². The summed E-state index contributed by atoms with van der Waals surface area (Å²) in [6.07, 6.45) is 1.56. The Morgan fingerprint density at radius 2 is 1.35 bits per heavy atom. The topological polar surface area (TPSA) is 9.23 Å². The standard InChI is InChI=1S/C28H24F8O/c1-2-3-15-4-6-16(7-5-15)17-8-9-19(22(29)12-17)20-10-11-21(26(33)25(20)32)28(35,36)37-18-13-23(30)27(34)24(31)14-18/h8-16H,2-7H2,1H3. The van der Waals surface area contributed by atoms with E-state index in [-0.39, 0.29) is 23.6 Å². The molecule has 0 heterocycles. The number of benzene rings is 3. The first-order valence-corrected chi connectivity index (χ1v) is 12.0. The predicted octanol–water partition coefficient (Wildman–Crippen LogP) is 9.39. The highest BCUT2D eigenvalue weighted by Gasteiger charge is 2.40. The zero-order valence-corrected chi connectivity index (χ0v) is 19.9. The minimum atomic E-state index is -4.58. The zero-order valence-electron chi connectivity index (χ0n) is 19.9. The van der Waals surface area contributed by atoms with Crippen molar-refractivity contribution in [3.8, 4) is 16.9 Å². The van der Waals surface area contributed by atoms with E-state index in [9.17, 15) is 35.1 Å². The number of halogens is 8. The van der Waals surface area contributed by atoms with Crippen molar-refractivity contribution in [2.24, 2.45) is 5.92 Å². The minimum Gasteiger partial charge on any atom is -0.429 e. The van der Waals surface area contributed by atoms with Gasteiger partial charge in [0.15, 0.2) is 29.1 Å². The first-order valence-electron chi connectivity index (χ1n) is 12.0. The van der Waals surface area contributed by atoms with E-state index >= 15 is 0 Å². The van der Waals surface area contributed by atoms with E-state index in [1.54, 1.807) is 6.07 Å². The SMILES string of the molecule is CCCC1CCC(c2ccc(-c3ccc(C(F)(F)Oc4cc(F)c(F)c(F)c4)c(F)c3F)c(F)c2)CC1. The molecule has 1 saturated carbocycles. The van der Waals surface area contributed by atoms with Gasteiger partial charge in [-0.2, -0.15) is 8.78 Å². The average molecular weight is 528 g/mol. The van der Waals surface area contributed by atoms with Crippen LogP contribution in [0.5, 0.6) is 5.75 Å². The van der Waals surface area contributed by atoms with E-state index < -0.39 is 57.9 Å². The Balaban J connectivity index is 1.57. The Morgan fingerprint density at radius 1 is 0.730 bits per heavy atom. The highest BCUT2D eigenvalue weighted by atomic mass is 19.3. The fraction of sp³-hybridized carbons (Fsp3) is 0.357. The van der Waals surface area contributed by atoms with Crippen LogP contribution in [-0.2, 0) is 6.11 Å². The summed E-state index contributed by atoms with van der Waals surface area (Å²) in [7, 11) is 0. The van der Waals surface area contributed by atoms with Crippen LogP contribution in [0.4, 0.5) is 35.1 Å². The van der Waals surface area contributed by atoms with Gasteiger partial charge in [0.05, 0.1) is 0 Å². The summed E-state index contributed by atoms with van der Waals surface area (Å²) >= 11 is 0. The van der Waals surface area contributed by atoms with E-state index in [0.29, 0.717) is 12.0 Å². The van der Waals surface area contributed by atoms with Crippen LogP contribution in [0.3, 0.4) is 0 Å². The van der Waals surface area contributed by atoms with E-state index in [4.69, 9.17) is 0 Å². The first-order chi connectivity index (χ1) is 17.5. The molecule has 37 heavy (non-hydrogen) atoms. The van der Waals surface area contributed by atoms with Gasteiger partial charge in [-0.05, 0) is 55.2 Å². The second kappa shape index (κ2) is 10.7. The lowest BCUT2D eigenvalue weighted by atomic mass is 9.77. The number of ether oxygens (including phenoxy) is 1. The molecule has 1 aliphatic rings. The summed E-state index contributed by atoms with van der Waals surface area (Å²) in [6.45, 7) is 2.14. The molecule has 0 aliphatic heterocycles. The van der Waals surface area contributed by atoms with Gasteiger partial charge < -0.3 is 4.74 Å². The molecule has 198 valence electrons. The fourth-order valence-corrected chi connectivity index (χ4v) is 4.97. The first kappa shape index (κ1) is 26.9. The van der Waals surface area contributed by atoms with Crippen molar-refractivity contribution in [3.63, 3.8) is 0 Å². The molecular formula is C28H24F8O. The highest BCUT2D eigenvalue weighted by Crippen LogP contribution is 2.40. The predicted molar refractivity (Wildman–Crippen MR) is 122 cm³/mol. The molecule has 0 bridgehead atoms. The molecule has 3 aromatic rings. The van der Waals surface area contributed by atoms with Crippen molar-refractivity contribution < 1.29 is 39.9 Å². The van der Waals surface area contributed by atoms with E-state index in [1.165, 1.54) is 12.1 Å². The molecule has 0 amide bonds. The zero-order chi connectivity index (χ0) is 26.9. The van der Waals surface area contributed by atoms with Gasteiger partial charge in [-0.25, -0.2) is 26.3 Å². The van der Waals surface area contributed by atoms with E-state index in [2.05, 4.69) is 11.7 Å². The maximum absolute atomic E-state index is 15.0. The quantitative estimate of drug-likeness (QED) is 0.219. The van der Waals surface area contributed by atoms with Crippen molar-refractivity contribution in [3.05, 3.63) is 88.5 Å². The summed E-state index contributed by atoms with van der Waals surface area (Å²) in [5.41, 5.74) is -1.72. The van der Waals surface area contributed by atoms with Crippen LogP contribution in [0.1, 0.15) is 62.5 Å². The molecule has 0 saturated heterocycles. The molecule has 1 aliphatic carbocycles. The summed E-state index contributed by atoms with van der Waals surface area (Å²) in [5, 5.41) is 0. The van der Waals surface area contributed by atoms with Gasteiger partial charge in [-0.1, -0.05) is 38.0 Å². The molecule has 0 unspecified atom stereocenters. The Kier molecular flexibility index (Phi) is 7.80. The number of hydrogen-bond acceptors (Lipinski definition) is 1. The normalized spacial score (nSPS) is 18.2. The van der Waals surface area contributed by atoms with Crippen molar-refractivity contribution in [2.75, 3.05) is 0 Å². The summed E-state index contributed by atoms with van der Waals surface area (Å²) in [4.78, 5) is 0. The number of alkyl halides is 2. The molecule has 0 aromatic heterocycles. The second-order valence-electron chi connectivity index (χ2n) is 9.35. The fourth-order valence-electron chi connectivity index (χ4n) is 4.97. The number of hydrogen-bond donors (Lipinski definition) is 0. The summed E-state index contributed by atoms with van der Waals surface area (Å²) in [5.74, 6) is -10.4. The molecule has 3 aromatic carbocycles. The van der Waals surface area contributed by atoms with Gasteiger partial charge >= 0.3 is 6.11 Å². The lowest BCUT2D eigenvalue weighted by Crippen LogP contribution is -2.24. The highest BCUT2D eigenvalue weighted by molar-refractivity contribution is 5.66. The smallest absolute Gasteiger partial charge is 0.429 e. The molecule has 1 nitrogen and oxygen atoms in total. The van der Waals surface area contributed by atoms with Crippen molar-refractivity contribution in [1.29, 1.82) is 0 Å². The Bertz CT molecular complexity index is 1260. The number of rotatable bonds is 7. The van der Waals surface area contributed by atoms with E-state index in [1.807, 2.05) is 0 Å². The summed E-state index contributed by atoms with van der Waals surface area (Å²) in [6, 6.07) is 5.73. The lowest BCUT2D eigenvalue weighted by molar-refractivity contribution is -0.187. The van der Waals surface area contributed by atoms with Crippen LogP contribution in [0.2, 0.25) is 0 Å². The maximum atomic E-state index is 15.0. The third-order valence-corrected chi connectivity index (χ3v) is 6.90. The Morgan fingerprint density at radius 3 is 1.95 bits per heavy atom. The van der Waals surface area contributed by atoms with Gasteiger partial charge in [0.25, 0.3) is 0 Å². The van der Waals surface area contributed by atoms with Crippen LogP contribution in [-0.4, -0.2) is 0 Å². The molecule has 0 atom stereocenters. The maximum Gasteiger partial charge on any atom is 0.429 e. The molecule has 0 N–H and O–H groups in total. The molecule has 0 radical (unpaired) electrons. The average Bonchev–Trinajstić information content (AvgIpc) is 2.84. The van der Waals surface area contributed by atoms with Crippen LogP contribution in [0.25, 0.3) is 11.1 Å². The summed E-state index contributed by atoms with van der Waals surface area (Å²) < 4.78 is 117. The van der Waals surface area contributed by atoms with Crippen LogP contribution in [0.15, 0.2) is 42.5 Å². The third-order valence-electron chi connectivity index (χ3n) is 6.90. The van der Waals surface area contributed by atoms with Gasteiger partial charge in [0.2, 0.25) is 0 Å². The van der Waals surface area contributed by atoms with Crippen molar-refractivity contribution >= 4 is 0 Å². The molecule has 9 heteroatoms. The van der Waals surface area contributed by atoms with Crippen LogP contribution < -0.4 is 4.74 Å². The van der Waals surface area contributed by atoms with Crippen LogP contribution >= 0.6 is 0 Å². The van der Waals surface area contributed by atoms with Crippen molar-refractivity contribution in [1.82, 2.24) is 0 Å².